The quantitative estimate of drug-likeness (QED) is 0.0634. The Labute approximate surface area is 294 Å². The van der Waals surface area contributed by atoms with Crippen molar-refractivity contribution >= 4 is 5.97 Å². The first-order chi connectivity index (χ1) is 23.2. The van der Waals surface area contributed by atoms with E-state index < -0.39 is 5.97 Å². The van der Waals surface area contributed by atoms with Gasteiger partial charge in [0.05, 0.1) is 25.7 Å². The van der Waals surface area contributed by atoms with Gasteiger partial charge in [0.15, 0.2) is 0 Å². The average Bonchev–Trinajstić information content (AvgIpc) is 3.06. The van der Waals surface area contributed by atoms with Gasteiger partial charge in [-0.15, -0.1) is 0 Å². The summed E-state index contributed by atoms with van der Waals surface area (Å²) in [4.78, 5) is 10.9. The fourth-order valence-corrected chi connectivity index (χ4v) is 6.50. The molecule has 0 bridgehead atoms. The summed E-state index contributed by atoms with van der Waals surface area (Å²) in [6, 6.07) is 0.0662. The third-order valence-electron chi connectivity index (χ3n) is 9.69. The van der Waals surface area contributed by atoms with Crippen LogP contribution in [0.2, 0.25) is 0 Å². The molecule has 282 valence electrons. The lowest BCUT2D eigenvalue weighted by Crippen LogP contribution is -2.39. The molecule has 5 heteroatoms. The molecule has 0 rings (SSSR count). The van der Waals surface area contributed by atoms with Crippen LogP contribution in [0.4, 0.5) is 0 Å². The molecule has 0 unspecified atom stereocenters. The van der Waals surface area contributed by atoms with Gasteiger partial charge in [0.1, 0.15) is 0 Å². The minimum absolute atomic E-state index is 0.0662. The van der Waals surface area contributed by atoms with Crippen molar-refractivity contribution in [2.24, 2.45) is 0 Å². The fraction of sp³-hybridized carbons (Fsp3) is 0.976. The van der Waals surface area contributed by atoms with Crippen LogP contribution in [0.3, 0.4) is 0 Å². The third-order valence-corrected chi connectivity index (χ3v) is 9.69. The van der Waals surface area contributed by atoms with E-state index in [4.69, 9.17) is 14.6 Å². The van der Waals surface area contributed by atoms with Crippen molar-refractivity contribution in [2.75, 3.05) is 33.0 Å². The Morgan fingerprint density at radius 1 is 0.447 bits per heavy atom. The van der Waals surface area contributed by atoms with Gasteiger partial charge in [-0.05, 0) is 12.8 Å². The minimum Gasteiger partial charge on any atom is -0.481 e. The summed E-state index contributed by atoms with van der Waals surface area (Å²) in [6.45, 7) is 7.80. The topological polar surface area (TPSA) is 67.8 Å². The van der Waals surface area contributed by atoms with E-state index in [2.05, 4.69) is 19.2 Å². The number of carbonyl (C=O) groups is 1. The van der Waals surface area contributed by atoms with E-state index in [1.54, 1.807) is 0 Å². The number of ether oxygens (including phenoxy) is 2. The van der Waals surface area contributed by atoms with Gasteiger partial charge in [0, 0.05) is 19.8 Å². The summed E-state index contributed by atoms with van der Waals surface area (Å²) >= 11 is 0. The number of nitrogens with one attached hydrogen (secondary N) is 1. The van der Waals surface area contributed by atoms with Gasteiger partial charge in [-0.2, -0.15) is 0 Å². The second-order valence-electron chi connectivity index (χ2n) is 14.6. The molecule has 2 N–H and O–H groups in total. The lowest BCUT2D eigenvalue weighted by Gasteiger charge is -2.19. The molecule has 0 aliphatic rings. The van der Waals surface area contributed by atoms with Crippen molar-refractivity contribution < 1.29 is 19.4 Å². The zero-order chi connectivity index (χ0) is 34.1. The van der Waals surface area contributed by atoms with E-state index in [0.29, 0.717) is 19.8 Å². The summed E-state index contributed by atoms with van der Waals surface area (Å²) in [5.74, 6) is -0.764. The zero-order valence-electron chi connectivity index (χ0n) is 32.1. The van der Waals surface area contributed by atoms with Crippen LogP contribution in [0.5, 0.6) is 0 Å². The first-order valence-electron chi connectivity index (χ1n) is 21.3. The molecule has 0 fully saturated rings. The first kappa shape index (κ1) is 46.4. The van der Waals surface area contributed by atoms with Crippen molar-refractivity contribution in [1.29, 1.82) is 0 Å². The van der Waals surface area contributed by atoms with E-state index in [-0.39, 0.29) is 12.5 Å². The van der Waals surface area contributed by atoms with E-state index in [1.165, 1.54) is 193 Å². The fourth-order valence-electron chi connectivity index (χ4n) is 6.50. The van der Waals surface area contributed by atoms with Crippen molar-refractivity contribution in [3.8, 4) is 0 Å². The molecular formula is C42H85NO4. The van der Waals surface area contributed by atoms with Gasteiger partial charge in [0.25, 0.3) is 0 Å². The standard InChI is InChI=1S/C42H85NO4/c1-3-5-7-9-11-13-15-17-19-21-23-25-27-29-31-33-37-46-39-41(43-36-35-42(44)45)40-47-38-34-32-30-28-26-24-22-20-18-16-14-12-10-8-6-4-2/h41,43H,3-40H2,1-2H3,(H,44,45). The van der Waals surface area contributed by atoms with Crippen molar-refractivity contribution in [3.05, 3.63) is 0 Å². The highest BCUT2D eigenvalue weighted by Crippen LogP contribution is 2.15. The molecule has 0 aliphatic carbocycles. The van der Waals surface area contributed by atoms with E-state index in [0.717, 1.165) is 26.1 Å². The van der Waals surface area contributed by atoms with Gasteiger partial charge < -0.3 is 19.9 Å². The summed E-state index contributed by atoms with van der Waals surface area (Å²) in [6.07, 6.45) is 44.2. The third kappa shape index (κ3) is 41.4. The Balaban J connectivity index is 3.59. The monoisotopic (exact) mass is 668 g/mol. The van der Waals surface area contributed by atoms with Crippen molar-refractivity contribution in [3.63, 3.8) is 0 Å². The summed E-state index contributed by atoms with van der Waals surface area (Å²) in [5.41, 5.74) is 0. The summed E-state index contributed by atoms with van der Waals surface area (Å²) in [7, 11) is 0. The van der Waals surface area contributed by atoms with Crippen LogP contribution in [0.1, 0.15) is 226 Å². The second-order valence-corrected chi connectivity index (χ2v) is 14.6. The highest BCUT2D eigenvalue weighted by molar-refractivity contribution is 5.66. The predicted molar refractivity (Wildman–Crippen MR) is 205 cm³/mol. The van der Waals surface area contributed by atoms with Crippen LogP contribution in [0.25, 0.3) is 0 Å². The zero-order valence-corrected chi connectivity index (χ0v) is 32.1. The maximum Gasteiger partial charge on any atom is 0.304 e. The molecule has 0 aromatic carbocycles. The van der Waals surface area contributed by atoms with Crippen molar-refractivity contribution in [1.82, 2.24) is 5.32 Å². The van der Waals surface area contributed by atoms with Crippen LogP contribution < -0.4 is 5.32 Å². The second kappa shape index (κ2) is 41.5. The van der Waals surface area contributed by atoms with Gasteiger partial charge in [0.2, 0.25) is 0 Å². The number of hydrogen-bond donors (Lipinski definition) is 2. The summed E-state index contributed by atoms with van der Waals surface area (Å²) < 4.78 is 11.9. The minimum atomic E-state index is -0.764. The molecule has 5 nitrogen and oxygen atoms in total. The molecule has 0 aliphatic heterocycles. The van der Waals surface area contributed by atoms with Crippen LogP contribution in [0, 0.1) is 0 Å². The van der Waals surface area contributed by atoms with E-state index in [9.17, 15) is 4.79 Å². The molecule has 0 heterocycles. The summed E-state index contributed by atoms with van der Waals surface area (Å²) in [5, 5.41) is 12.3. The van der Waals surface area contributed by atoms with Crippen molar-refractivity contribution in [2.45, 2.75) is 232 Å². The van der Waals surface area contributed by atoms with Gasteiger partial charge in [-0.25, -0.2) is 0 Å². The van der Waals surface area contributed by atoms with Gasteiger partial charge >= 0.3 is 5.97 Å². The molecule has 0 spiro atoms. The first-order valence-corrected chi connectivity index (χ1v) is 21.3. The molecule has 0 amide bonds. The lowest BCUT2D eigenvalue weighted by atomic mass is 10.0. The maximum absolute atomic E-state index is 10.9. The molecule has 0 saturated heterocycles. The van der Waals surface area contributed by atoms with Crippen LogP contribution >= 0.6 is 0 Å². The Bertz CT molecular complexity index is 547. The van der Waals surface area contributed by atoms with Gasteiger partial charge in [-0.3, -0.25) is 4.79 Å². The number of carboxylic acid groups (broad SMARTS) is 1. The molecule has 0 saturated carbocycles. The smallest absolute Gasteiger partial charge is 0.304 e. The largest absolute Gasteiger partial charge is 0.481 e. The SMILES string of the molecule is CCCCCCCCCCCCCCCCCCOCC(COCCCCCCCCCCCCCCCCCC)NCCC(=O)O. The van der Waals surface area contributed by atoms with E-state index in [1.807, 2.05) is 0 Å². The molecule has 0 aromatic rings. The molecule has 0 radical (unpaired) electrons. The average molecular weight is 668 g/mol. The van der Waals surface area contributed by atoms with Crippen LogP contribution in [-0.4, -0.2) is 50.1 Å². The maximum atomic E-state index is 10.9. The number of unbranched alkanes of at least 4 members (excludes halogenated alkanes) is 30. The number of carboxylic acids is 1. The number of hydrogen-bond acceptors (Lipinski definition) is 4. The van der Waals surface area contributed by atoms with E-state index >= 15 is 0 Å². The predicted octanol–water partition coefficient (Wildman–Crippen LogP) is 13.0. The Hall–Kier alpha value is -0.650. The Morgan fingerprint density at radius 2 is 0.702 bits per heavy atom. The Kier molecular flexibility index (Phi) is 40.9. The van der Waals surface area contributed by atoms with Gasteiger partial charge in [-0.1, -0.05) is 206 Å². The lowest BCUT2D eigenvalue weighted by molar-refractivity contribution is -0.136. The molecule has 47 heavy (non-hydrogen) atoms. The Morgan fingerprint density at radius 3 is 0.957 bits per heavy atom. The molecule has 0 aromatic heterocycles. The molecule has 0 atom stereocenters. The highest BCUT2D eigenvalue weighted by Gasteiger charge is 2.10. The number of aliphatic carboxylic acids is 1. The highest BCUT2D eigenvalue weighted by atomic mass is 16.5. The van der Waals surface area contributed by atoms with Crippen LogP contribution in [-0.2, 0) is 14.3 Å². The number of rotatable bonds is 42. The normalized spacial score (nSPS) is 11.6. The molecular weight excluding hydrogens is 582 g/mol. The van der Waals surface area contributed by atoms with Crippen LogP contribution in [0.15, 0.2) is 0 Å².